The highest BCUT2D eigenvalue weighted by molar-refractivity contribution is 6.30. The van der Waals surface area contributed by atoms with Gasteiger partial charge in [-0.15, -0.1) is 0 Å². The van der Waals surface area contributed by atoms with Gasteiger partial charge < -0.3 is 18.9 Å². The highest BCUT2D eigenvalue weighted by Gasteiger charge is 2.19. The first-order chi connectivity index (χ1) is 11.2. The third-order valence-electron chi connectivity index (χ3n) is 3.70. The van der Waals surface area contributed by atoms with E-state index in [1.54, 1.807) is 21.3 Å². The number of methoxy groups -OCH3 is 3. The molecule has 23 heavy (non-hydrogen) atoms. The van der Waals surface area contributed by atoms with Crippen LogP contribution in [-0.2, 0) is 6.42 Å². The molecular formula is C18H17ClO4. The molecule has 0 aliphatic carbocycles. The summed E-state index contributed by atoms with van der Waals surface area (Å²) < 4.78 is 22.1. The number of halogens is 1. The fraction of sp³-hybridized carbons (Fsp3) is 0.222. The summed E-state index contributed by atoms with van der Waals surface area (Å²) in [6.45, 7) is 0. The van der Waals surface area contributed by atoms with Crippen molar-refractivity contribution in [1.82, 2.24) is 0 Å². The molecule has 0 fully saturated rings. The Balaban J connectivity index is 2.00. The topological polar surface area (TPSA) is 36.9 Å². The highest BCUT2D eigenvalue weighted by Crippen LogP contribution is 2.41. The first-order valence-corrected chi connectivity index (χ1v) is 7.51. The zero-order valence-corrected chi connectivity index (χ0v) is 13.9. The van der Waals surface area contributed by atoms with Gasteiger partial charge in [0.05, 0.1) is 21.3 Å². The number of fused-ring (bicyclic) bond motifs is 1. The monoisotopic (exact) mass is 332 g/mol. The minimum atomic E-state index is 0.558. The van der Waals surface area contributed by atoms with Gasteiger partial charge in [0.15, 0.2) is 11.5 Å². The average molecular weight is 333 g/mol. The van der Waals surface area contributed by atoms with Crippen LogP contribution >= 0.6 is 11.6 Å². The molecule has 1 aliphatic heterocycles. The van der Waals surface area contributed by atoms with E-state index in [1.165, 1.54) is 0 Å². The molecule has 2 aromatic rings. The van der Waals surface area contributed by atoms with E-state index in [9.17, 15) is 0 Å². The van der Waals surface area contributed by atoms with Crippen LogP contribution in [0.5, 0.6) is 23.0 Å². The minimum absolute atomic E-state index is 0.558. The zero-order chi connectivity index (χ0) is 16.4. The smallest absolute Gasteiger partial charge is 0.203 e. The Morgan fingerprint density at radius 3 is 2.26 bits per heavy atom. The van der Waals surface area contributed by atoms with Crippen LogP contribution < -0.4 is 18.9 Å². The lowest BCUT2D eigenvalue weighted by Crippen LogP contribution is -2.05. The average Bonchev–Trinajstić information content (AvgIpc) is 2.59. The molecule has 4 nitrogen and oxygen atoms in total. The molecule has 0 amide bonds. The molecule has 0 atom stereocenters. The Hall–Kier alpha value is -2.33. The van der Waals surface area contributed by atoms with Gasteiger partial charge >= 0.3 is 0 Å². The quantitative estimate of drug-likeness (QED) is 0.834. The lowest BCUT2D eigenvalue weighted by Gasteiger charge is -2.20. The first-order valence-electron chi connectivity index (χ1n) is 7.13. The van der Waals surface area contributed by atoms with Gasteiger partial charge in [-0.2, -0.15) is 0 Å². The van der Waals surface area contributed by atoms with E-state index in [-0.39, 0.29) is 0 Å². The molecule has 5 heteroatoms. The van der Waals surface area contributed by atoms with Crippen molar-refractivity contribution in [3.63, 3.8) is 0 Å². The minimum Gasteiger partial charge on any atom is -0.493 e. The van der Waals surface area contributed by atoms with E-state index >= 15 is 0 Å². The molecule has 0 unspecified atom stereocenters. The number of ether oxygens (including phenoxy) is 4. The van der Waals surface area contributed by atoms with E-state index in [2.05, 4.69) is 0 Å². The van der Waals surface area contributed by atoms with Gasteiger partial charge in [-0.25, -0.2) is 0 Å². The molecule has 1 aliphatic rings. The Kier molecular flexibility index (Phi) is 4.35. The molecule has 0 saturated heterocycles. The summed E-state index contributed by atoms with van der Waals surface area (Å²) in [7, 11) is 4.76. The number of rotatable bonds is 4. The van der Waals surface area contributed by atoms with Crippen LogP contribution in [0.15, 0.2) is 36.4 Å². The second kappa shape index (κ2) is 6.42. The summed E-state index contributed by atoms with van der Waals surface area (Å²) in [6.07, 6.45) is 2.77. The summed E-state index contributed by atoms with van der Waals surface area (Å²) in [5.41, 5.74) is 1.92. The second-order valence-electron chi connectivity index (χ2n) is 5.04. The van der Waals surface area contributed by atoms with E-state index in [4.69, 9.17) is 30.5 Å². The summed E-state index contributed by atoms with van der Waals surface area (Å²) in [4.78, 5) is 0. The largest absolute Gasteiger partial charge is 0.493 e. The number of hydrogen-bond acceptors (Lipinski definition) is 4. The van der Waals surface area contributed by atoms with Crippen molar-refractivity contribution in [2.24, 2.45) is 0 Å². The number of hydrogen-bond donors (Lipinski definition) is 0. The molecule has 0 aromatic heterocycles. The Morgan fingerprint density at radius 1 is 0.957 bits per heavy atom. The van der Waals surface area contributed by atoms with E-state index in [0.717, 1.165) is 29.1 Å². The van der Waals surface area contributed by atoms with Crippen molar-refractivity contribution in [1.29, 1.82) is 0 Å². The highest BCUT2D eigenvalue weighted by atomic mass is 35.5. The van der Waals surface area contributed by atoms with Crippen molar-refractivity contribution >= 4 is 17.4 Å². The van der Waals surface area contributed by atoms with Crippen LogP contribution in [0.1, 0.15) is 11.1 Å². The maximum Gasteiger partial charge on any atom is 0.203 e. The van der Waals surface area contributed by atoms with E-state index < -0.39 is 0 Å². The molecule has 0 saturated carbocycles. The van der Waals surface area contributed by atoms with Gasteiger partial charge in [-0.05, 0) is 42.8 Å². The molecule has 0 bridgehead atoms. The predicted octanol–water partition coefficient (Wildman–Crippen LogP) is 4.34. The molecule has 120 valence electrons. The van der Waals surface area contributed by atoms with Gasteiger partial charge in [-0.3, -0.25) is 0 Å². The predicted molar refractivity (Wildman–Crippen MR) is 89.9 cm³/mol. The van der Waals surface area contributed by atoms with Crippen LogP contribution in [0.2, 0.25) is 5.02 Å². The van der Waals surface area contributed by atoms with Crippen molar-refractivity contribution in [2.75, 3.05) is 21.3 Å². The Labute approximate surface area is 140 Å². The number of benzene rings is 2. The lowest BCUT2D eigenvalue weighted by atomic mass is 10.0. The molecule has 0 radical (unpaired) electrons. The SMILES string of the molecule is COc1cc(C2=CCc3cc(Cl)ccc3O2)cc(OC)c1OC. The summed E-state index contributed by atoms with van der Waals surface area (Å²) in [5, 5.41) is 0.706. The summed E-state index contributed by atoms with van der Waals surface area (Å²) in [5.74, 6) is 3.29. The molecule has 3 rings (SSSR count). The van der Waals surface area contributed by atoms with Crippen LogP contribution in [0.4, 0.5) is 0 Å². The maximum absolute atomic E-state index is 6.02. The Morgan fingerprint density at radius 2 is 1.65 bits per heavy atom. The van der Waals surface area contributed by atoms with Gasteiger partial charge in [0.25, 0.3) is 0 Å². The molecule has 0 spiro atoms. The van der Waals surface area contributed by atoms with E-state index in [1.807, 2.05) is 36.4 Å². The fourth-order valence-corrected chi connectivity index (χ4v) is 2.76. The third-order valence-corrected chi connectivity index (χ3v) is 3.93. The zero-order valence-electron chi connectivity index (χ0n) is 13.2. The number of allylic oxidation sites excluding steroid dienone is 1. The summed E-state index contributed by atoms with van der Waals surface area (Å²) >= 11 is 6.02. The lowest BCUT2D eigenvalue weighted by molar-refractivity contribution is 0.324. The molecular weight excluding hydrogens is 316 g/mol. The van der Waals surface area contributed by atoms with Gasteiger partial charge in [0.1, 0.15) is 11.5 Å². The third kappa shape index (κ3) is 2.94. The van der Waals surface area contributed by atoms with Crippen molar-refractivity contribution < 1.29 is 18.9 Å². The maximum atomic E-state index is 6.02. The van der Waals surface area contributed by atoms with Gasteiger partial charge in [-0.1, -0.05) is 11.6 Å². The van der Waals surface area contributed by atoms with Crippen LogP contribution in [0.25, 0.3) is 5.76 Å². The van der Waals surface area contributed by atoms with Gasteiger partial charge in [0.2, 0.25) is 5.75 Å². The molecule has 2 aromatic carbocycles. The van der Waals surface area contributed by atoms with Crippen molar-refractivity contribution in [3.05, 3.63) is 52.6 Å². The normalized spacial score (nSPS) is 12.8. The van der Waals surface area contributed by atoms with Gasteiger partial charge in [0, 0.05) is 16.1 Å². The van der Waals surface area contributed by atoms with Crippen LogP contribution in [-0.4, -0.2) is 21.3 Å². The fourth-order valence-electron chi connectivity index (χ4n) is 2.57. The second-order valence-corrected chi connectivity index (χ2v) is 5.48. The van der Waals surface area contributed by atoms with Crippen molar-refractivity contribution in [2.45, 2.75) is 6.42 Å². The molecule has 1 heterocycles. The molecule has 0 N–H and O–H groups in total. The van der Waals surface area contributed by atoms with E-state index in [0.29, 0.717) is 22.3 Å². The van der Waals surface area contributed by atoms with Crippen LogP contribution in [0, 0.1) is 0 Å². The summed E-state index contributed by atoms with van der Waals surface area (Å²) in [6, 6.07) is 9.35. The first kappa shape index (κ1) is 15.6. The van der Waals surface area contributed by atoms with Crippen LogP contribution in [0.3, 0.4) is 0 Å². The Bertz CT molecular complexity index is 743. The standard InChI is InChI=1S/C18H17ClO4/c1-20-16-9-12(10-17(21-2)18(16)22-3)15-6-4-11-8-13(19)5-7-14(11)23-15/h5-10H,4H2,1-3H3. The van der Waals surface area contributed by atoms with Crippen molar-refractivity contribution in [3.8, 4) is 23.0 Å².